The van der Waals surface area contributed by atoms with E-state index in [1.807, 2.05) is 13.8 Å². The number of anilines is 1. The zero-order valence-electron chi connectivity index (χ0n) is 11.4. The maximum Gasteiger partial charge on any atom is 0.246 e. The van der Waals surface area contributed by atoms with Gasteiger partial charge < -0.3 is 15.4 Å². The molecule has 5 heteroatoms. The number of hydrogen-bond donors (Lipinski definition) is 2. The molecule has 1 aromatic rings. The molecule has 19 heavy (non-hydrogen) atoms. The highest BCUT2D eigenvalue weighted by Crippen LogP contribution is 2.38. The first-order chi connectivity index (χ1) is 9.02. The van der Waals surface area contributed by atoms with Crippen molar-refractivity contribution in [3.05, 3.63) is 22.7 Å². The first-order valence-electron chi connectivity index (χ1n) is 6.57. The van der Waals surface area contributed by atoms with E-state index in [0.29, 0.717) is 10.8 Å². The molecule has 1 atom stereocenters. The molecule has 4 nitrogen and oxygen atoms in total. The largest absolute Gasteiger partial charge is 0.489 e. The Balaban J connectivity index is 2.28. The summed E-state index contributed by atoms with van der Waals surface area (Å²) in [6.45, 7) is 6.73. The van der Waals surface area contributed by atoms with E-state index in [9.17, 15) is 4.79 Å². The number of rotatable bonds is 5. The first kappa shape index (κ1) is 14.2. The van der Waals surface area contributed by atoms with Crippen LogP contribution in [0.3, 0.4) is 0 Å². The van der Waals surface area contributed by atoms with Gasteiger partial charge >= 0.3 is 0 Å². The third kappa shape index (κ3) is 3.01. The fourth-order valence-electron chi connectivity index (χ4n) is 2.10. The molecule has 0 radical (unpaired) electrons. The molecular weight excluding hydrogens is 264 g/mol. The van der Waals surface area contributed by atoms with Crippen molar-refractivity contribution in [2.45, 2.75) is 39.3 Å². The number of fused-ring (bicyclic) bond motifs is 1. The molecule has 104 valence electrons. The Labute approximate surface area is 118 Å². The van der Waals surface area contributed by atoms with Crippen LogP contribution >= 0.6 is 11.6 Å². The van der Waals surface area contributed by atoms with Crippen molar-refractivity contribution >= 4 is 23.2 Å². The molecule has 2 rings (SSSR count). The van der Waals surface area contributed by atoms with E-state index in [1.54, 1.807) is 12.1 Å². The van der Waals surface area contributed by atoms with Crippen molar-refractivity contribution in [1.29, 1.82) is 0 Å². The highest BCUT2D eigenvalue weighted by atomic mass is 35.5. The Hall–Kier alpha value is -1.26. The number of nitrogens with one attached hydrogen (secondary N) is 2. The van der Waals surface area contributed by atoms with Gasteiger partial charge in [0.05, 0.1) is 11.1 Å². The van der Waals surface area contributed by atoms with E-state index < -0.39 is 0 Å². The molecule has 1 aliphatic rings. The summed E-state index contributed by atoms with van der Waals surface area (Å²) in [5.74, 6) is 0.563. The zero-order valence-corrected chi connectivity index (χ0v) is 12.2. The molecule has 0 aromatic heterocycles. The van der Waals surface area contributed by atoms with Crippen molar-refractivity contribution in [2.75, 3.05) is 11.9 Å². The summed E-state index contributed by atoms with van der Waals surface area (Å²) >= 11 is 6.21. The maximum absolute atomic E-state index is 11.9. The van der Waals surface area contributed by atoms with Gasteiger partial charge in [0.1, 0.15) is 11.8 Å². The van der Waals surface area contributed by atoms with Gasteiger partial charge in [0.15, 0.2) is 0 Å². The quantitative estimate of drug-likeness (QED) is 0.872. The Morgan fingerprint density at radius 2 is 2.21 bits per heavy atom. The lowest BCUT2D eigenvalue weighted by Gasteiger charge is -2.14. The number of benzene rings is 1. The highest BCUT2D eigenvalue weighted by Gasteiger charge is 2.31. The summed E-state index contributed by atoms with van der Waals surface area (Å²) in [5, 5.41) is 6.60. The van der Waals surface area contributed by atoms with Crippen LogP contribution < -0.4 is 15.4 Å². The minimum atomic E-state index is -0.319. The molecule has 0 spiro atoms. The summed E-state index contributed by atoms with van der Waals surface area (Å²) in [4.78, 5) is 11.9. The Kier molecular flexibility index (Phi) is 4.32. The second-order valence-corrected chi connectivity index (χ2v) is 5.32. The van der Waals surface area contributed by atoms with E-state index in [2.05, 4.69) is 17.6 Å². The van der Waals surface area contributed by atoms with Crippen LogP contribution in [-0.2, 0) is 4.79 Å². The minimum absolute atomic E-state index is 0.0405. The summed E-state index contributed by atoms with van der Waals surface area (Å²) in [6.07, 6.45) is 1.02. The molecule has 0 bridgehead atoms. The highest BCUT2D eigenvalue weighted by molar-refractivity contribution is 6.32. The minimum Gasteiger partial charge on any atom is -0.489 e. The number of ether oxygens (including phenoxy) is 1. The van der Waals surface area contributed by atoms with E-state index in [-0.39, 0.29) is 18.1 Å². The third-order valence-electron chi connectivity index (χ3n) is 2.90. The molecule has 0 fully saturated rings. The third-order valence-corrected chi connectivity index (χ3v) is 3.19. The number of hydrogen-bond acceptors (Lipinski definition) is 3. The van der Waals surface area contributed by atoms with Crippen LogP contribution in [0.15, 0.2) is 12.1 Å². The van der Waals surface area contributed by atoms with Crippen LogP contribution in [0.5, 0.6) is 5.75 Å². The fraction of sp³-hybridized carbons (Fsp3) is 0.500. The van der Waals surface area contributed by atoms with Gasteiger partial charge in [-0.1, -0.05) is 18.5 Å². The van der Waals surface area contributed by atoms with Gasteiger partial charge in [0.25, 0.3) is 0 Å². The first-order valence-corrected chi connectivity index (χ1v) is 6.95. The lowest BCUT2D eigenvalue weighted by Crippen LogP contribution is -2.27. The Bertz CT molecular complexity index is 489. The Morgan fingerprint density at radius 1 is 1.47 bits per heavy atom. The molecule has 0 saturated carbocycles. The van der Waals surface area contributed by atoms with Gasteiger partial charge in [-0.05, 0) is 32.9 Å². The average molecular weight is 283 g/mol. The van der Waals surface area contributed by atoms with Gasteiger partial charge in [0, 0.05) is 17.3 Å². The molecule has 2 N–H and O–H groups in total. The van der Waals surface area contributed by atoms with E-state index in [0.717, 1.165) is 24.2 Å². The summed E-state index contributed by atoms with van der Waals surface area (Å²) < 4.78 is 5.62. The molecule has 1 aromatic carbocycles. The maximum atomic E-state index is 11.9. The molecule has 0 saturated heterocycles. The van der Waals surface area contributed by atoms with Crippen molar-refractivity contribution in [1.82, 2.24) is 5.32 Å². The van der Waals surface area contributed by atoms with Gasteiger partial charge in [-0.2, -0.15) is 0 Å². The second-order valence-electron chi connectivity index (χ2n) is 4.91. The predicted octanol–water partition coefficient (Wildman–Crippen LogP) is 3.12. The van der Waals surface area contributed by atoms with Gasteiger partial charge in [-0.15, -0.1) is 0 Å². The molecule has 0 aliphatic carbocycles. The zero-order chi connectivity index (χ0) is 14.0. The van der Waals surface area contributed by atoms with E-state index in [1.165, 1.54) is 0 Å². The SMILES string of the molecule is CCCNC1C(=O)Nc2cc(OC(C)C)c(Cl)cc21. The van der Waals surface area contributed by atoms with Crippen molar-refractivity contribution in [2.24, 2.45) is 0 Å². The monoisotopic (exact) mass is 282 g/mol. The van der Waals surface area contributed by atoms with Crippen molar-refractivity contribution < 1.29 is 9.53 Å². The summed E-state index contributed by atoms with van der Waals surface area (Å²) in [5.41, 5.74) is 1.67. The number of carbonyl (C=O) groups excluding carboxylic acids is 1. The van der Waals surface area contributed by atoms with E-state index in [4.69, 9.17) is 16.3 Å². The molecule has 1 heterocycles. The number of halogens is 1. The number of amides is 1. The lowest BCUT2D eigenvalue weighted by atomic mass is 10.1. The topological polar surface area (TPSA) is 50.4 Å². The van der Waals surface area contributed by atoms with Gasteiger partial charge in [-0.3, -0.25) is 4.79 Å². The fourth-order valence-corrected chi connectivity index (χ4v) is 2.31. The summed E-state index contributed by atoms with van der Waals surface area (Å²) in [7, 11) is 0. The van der Waals surface area contributed by atoms with Crippen LogP contribution in [0, 0.1) is 0 Å². The predicted molar refractivity (Wildman–Crippen MR) is 76.9 cm³/mol. The van der Waals surface area contributed by atoms with Crippen LogP contribution in [0.4, 0.5) is 5.69 Å². The molecular formula is C14H19ClN2O2. The standard InChI is InChI=1S/C14H19ClN2O2/c1-4-5-16-13-9-6-10(15)12(19-8(2)3)7-11(9)17-14(13)18/h6-8,13,16H,4-5H2,1-3H3,(H,17,18). The second kappa shape index (κ2) is 5.80. The van der Waals surface area contributed by atoms with Crippen LogP contribution in [0.25, 0.3) is 0 Å². The molecule has 1 unspecified atom stereocenters. The van der Waals surface area contributed by atoms with Gasteiger partial charge in [0.2, 0.25) is 5.91 Å². The van der Waals surface area contributed by atoms with E-state index >= 15 is 0 Å². The van der Waals surface area contributed by atoms with Crippen LogP contribution in [0.1, 0.15) is 38.8 Å². The summed E-state index contributed by atoms with van der Waals surface area (Å²) in [6, 6.07) is 3.28. The van der Waals surface area contributed by atoms with Crippen molar-refractivity contribution in [3.8, 4) is 5.75 Å². The van der Waals surface area contributed by atoms with Crippen LogP contribution in [0.2, 0.25) is 5.02 Å². The molecule has 1 aliphatic heterocycles. The lowest BCUT2D eigenvalue weighted by molar-refractivity contribution is -0.117. The molecule has 1 amide bonds. The smallest absolute Gasteiger partial charge is 0.246 e. The van der Waals surface area contributed by atoms with Crippen molar-refractivity contribution in [3.63, 3.8) is 0 Å². The average Bonchev–Trinajstić information content (AvgIpc) is 2.62. The Morgan fingerprint density at radius 3 is 2.84 bits per heavy atom. The van der Waals surface area contributed by atoms with Gasteiger partial charge in [-0.25, -0.2) is 0 Å². The normalized spacial score (nSPS) is 17.5. The number of carbonyl (C=O) groups is 1. The van der Waals surface area contributed by atoms with Crippen LogP contribution in [-0.4, -0.2) is 18.6 Å².